The fraction of sp³-hybridized carbons (Fsp3) is 0.412. The number of anilines is 1. The molecule has 0 saturated carbocycles. The first-order chi connectivity index (χ1) is 11.9. The van der Waals surface area contributed by atoms with Crippen molar-refractivity contribution in [3.05, 3.63) is 36.2 Å². The van der Waals surface area contributed by atoms with Gasteiger partial charge in [-0.15, -0.1) is 0 Å². The van der Waals surface area contributed by atoms with E-state index in [1.165, 1.54) is 0 Å². The number of nitrogens with zero attached hydrogens (tertiary/aromatic N) is 3. The predicted octanol–water partition coefficient (Wildman–Crippen LogP) is 1.24. The second-order valence-electron chi connectivity index (χ2n) is 5.72. The summed E-state index contributed by atoms with van der Waals surface area (Å²) in [5.74, 6) is 2.94. The maximum absolute atomic E-state index is 5.80. The molecule has 7 nitrogen and oxygen atoms in total. The molecule has 0 radical (unpaired) electrons. The van der Waals surface area contributed by atoms with Crippen LogP contribution in [-0.4, -0.2) is 49.4 Å². The molecule has 0 amide bonds. The topological polar surface area (TPSA) is 68.7 Å². The van der Waals surface area contributed by atoms with E-state index in [-0.39, 0.29) is 0 Å². The molecule has 2 aliphatic heterocycles. The Morgan fingerprint density at radius 1 is 1.08 bits per heavy atom. The molecule has 0 atom stereocenters. The van der Waals surface area contributed by atoms with Crippen molar-refractivity contribution < 1.29 is 14.2 Å². The Kier molecular flexibility index (Phi) is 4.33. The van der Waals surface area contributed by atoms with Gasteiger partial charge in [0.25, 0.3) is 0 Å². The molecule has 0 unspecified atom stereocenters. The van der Waals surface area contributed by atoms with Gasteiger partial charge >= 0.3 is 0 Å². The van der Waals surface area contributed by atoms with Gasteiger partial charge in [-0.25, -0.2) is 0 Å². The Morgan fingerprint density at radius 2 is 1.92 bits per heavy atom. The molecule has 1 aromatic carbocycles. The lowest BCUT2D eigenvalue weighted by atomic mass is 10.2. The van der Waals surface area contributed by atoms with Crippen LogP contribution in [0.25, 0.3) is 0 Å². The molecule has 1 aromatic heterocycles. The van der Waals surface area contributed by atoms with E-state index in [0.717, 1.165) is 49.1 Å². The zero-order chi connectivity index (χ0) is 16.2. The summed E-state index contributed by atoms with van der Waals surface area (Å²) in [6, 6.07) is 5.83. The Balaban J connectivity index is 1.42. The first-order valence-corrected chi connectivity index (χ1v) is 8.17. The van der Waals surface area contributed by atoms with Crippen molar-refractivity contribution in [3.63, 3.8) is 0 Å². The fourth-order valence-corrected chi connectivity index (χ4v) is 2.79. The predicted molar refractivity (Wildman–Crippen MR) is 88.9 cm³/mol. The normalized spacial score (nSPS) is 16.8. The first kappa shape index (κ1) is 15.0. The number of hydrogen-bond acceptors (Lipinski definition) is 7. The van der Waals surface area contributed by atoms with E-state index in [9.17, 15) is 0 Å². The molecule has 1 fully saturated rings. The van der Waals surface area contributed by atoms with E-state index >= 15 is 0 Å². The average Bonchev–Trinajstić information content (AvgIpc) is 2.67. The highest BCUT2D eigenvalue weighted by Crippen LogP contribution is 2.31. The largest absolute Gasteiger partial charge is 0.486 e. The molecular weight excluding hydrogens is 308 g/mol. The molecule has 0 bridgehead atoms. The lowest BCUT2D eigenvalue weighted by Gasteiger charge is -2.28. The summed E-state index contributed by atoms with van der Waals surface area (Å²) in [5, 5.41) is 3.33. The number of rotatable bonds is 4. The van der Waals surface area contributed by atoms with E-state index in [4.69, 9.17) is 14.2 Å². The molecule has 2 aromatic rings. The van der Waals surface area contributed by atoms with Gasteiger partial charge < -0.3 is 24.4 Å². The summed E-state index contributed by atoms with van der Waals surface area (Å²) in [5.41, 5.74) is 1.01. The molecule has 2 aliphatic rings. The molecule has 24 heavy (non-hydrogen) atoms. The van der Waals surface area contributed by atoms with Crippen molar-refractivity contribution in [2.75, 3.05) is 44.3 Å². The van der Waals surface area contributed by atoms with E-state index in [2.05, 4.69) is 20.2 Å². The summed E-state index contributed by atoms with van der Waals surface area (Å²) in [6.07, 6.45) is 3.42. The van der Waals surface area contributed by atoms with Crippen LogP contribution in [0.15, 0.2) is 30.6 Å². The molecule has 3 heterocycles. The average molecular weight is 328 g/mol. The van der Waals surface area contributed by atoms with Crippen LogP contribution in [0.3, 0.4) is 0 Å². The van der Waals surface area contributed by atoms with Crippen LogP contribution < -0.4 is 24.4 Å². The summed E-state index contributed by atoms with van der Waals surface area (Å²) in [7, 11) is 0. The lowest BCUT2D eigenvalue weighted by molar-refractivity contribution is 0.171. The van der Waals surface area contributed by atoms with Crippen LogP contribution in [-0.2, 0) is 6.61 Å². The van der Waals surface area contributed by atoms with Gasteiger partial charge in [0.05, 0.1) is 12.4 Å². The van der Waals surface area contributed by atoms with Gasteiger partial charge in [0.2, 0.25) is 5.88 Å². The quantitative estimate of drug-likeness (QED) is 0.905. The second-order valence-corrected chi connectivity index (χ2v) is 5.72. The Labute approximate surface area is 140 Å². The van der Waals surface area contributed by atoms with Crippen LogP contribution >= 0.6 is 0 Å². The summed E-state index contributed by atoms with van der Waals surface area (Å²) in [6.45, 7) is 5.37. The van der Waals surface area contributed by atoms with Gasteiger partial charge in [0.15, 0.2) is 17.3 Å². The Morgan fingerprint density at radius 3 is 2.79 bits per heavy atom. The van der Waals surface area contributed by atoms with Crippen molar-refractivity contribution >= 4 is 5.82 Å². The second kappa shape index (κ2) is 6.92. The Bertz CT molecular complexity index is 704. The minimum atomic E-state index is 0.413. The molecule has 0 spiro atoms. The van der Waals surface area contributed by atoms with Crippen LogP contribution in [0.1, 0.15) is 5.56 Å². The molecule has 1 saturated heterocycles. The van der Waals surface area contributed by atoms with Crippen molar-refractivity contribution in [1.29, 1.82) is 0 Å². The SMILES string of the molecule is c1cc2c(cc1COc1cncc(N3CCNCC3)n1)OCCO2. The smallest absolute Gasteiger partial charge is 0.234 e. The number of benzene rings is 1. The summed E-state index contributed by atoms with van der Waals surface area (Å²) < 4.78 is 16.9. The molecule has 4 rings (SSSR count). The summed E-state index contributed by atoms with van der Waals surface area (Å²) >= 11 is 0. The number of aromatic nitrogens is 2. The number of ether oxygens (including phenoxy) is 3. The van der Waals surface area contributed by atoms with Gasteiger partial charge in [0.1, 0.15) is 19.8 Å². The highest BCUT2D eigenvalue weighted by atomic mass is 16.6. The molecule has 0 aliphatic carbocycles. The van der Waals surface area contributed by atoms with Crippen LogP contribution in [0.5, 0.6) is 17.4 Å². The number of piperazine rings is 1. The number of fused-ring (bicyclic) bond motifs is 1. The zero-order valence-electron chi connectivity index (χ0n) is 13.4. The van der Waals surface area contributed by atoms with Gasteiger partial charge in [-0.3, -0.25) is 4.98 Å². The van der Waals surface area contributed by atoms with E-state index in [0.29, 0.717) is 25.7 Å². The lowest BCUT2D eigenvalue weighted by Crippen LogP contribution is -2.43. The van der Waals surface area contributed by atoms with Crippen LogP contribution in [0.2, 0.25) is 0 Å². The van der Waals surface area contributed by atoms with E-state index < -0.39 is 0 Å². The minimum absolute atomic E-state index is 0.413. The van der Waals surface area contributed by atoms with E-state index in [1.807, 2.05) is 18.2 Å². The fourth-order valence-electron chi connectivity index (χ4n) is 2.79. The zero-order valence-corrected chi connectivity index (χ0v) is 13.4. The number of nitrogens with one attached hydrogen (secondary N) is 1. The first-order valence-electron chi connectivity index (χ1n) is 8.17. The maximum Gasteiger partial charge on any atom is 0.234 e. The van der Waals surface area contributed by atoms with Gasteiger partial charge in [0, 0.05) is 26.2 Å². The van der Waals surface area contributed by atoms with Crippen LogP contribution in [0.4, 0.5) is 5.82 Å². The molecule has 1 N–H and O–H groups in total. The van der Waals surface area contributed by atoms with Gasteiger partial charge in [-0.05, 0) is 17.7 Å². The standard InChI is InChI=1S/C17H20N4O3/c1-2-14-15(23-8-7-22-14)9-13(1)12-24-17-11-19-10-16(20-17)21-5-3-18-4-6-21/h1-2,9-11,18H,3-8,12H2. The molecular formula is C17H20N4O3. The van der Waals surface area contributed by atoms with Crippen molar-refractivity contribution in [2.45, 2.75) is 6.61 Å². The van der Waals surface area contributed by atoms with Crippen molar-refractivity contribution in [2.24, 2.45) is 0 Å². The Hall–Kier alpha value is -2.54. The van der Waals surface area contributed by atoms with E-state index in [1.54, 1.807) is 12.4 Å². The van der Waals surface area contributed by atoms with Gasteiger partial charge in [-0.1, -0.05) is 6.07 Å². The third kappa shape index (κ3) is 3.35. The number of hydrogen-bond donors (Lipinski definition) is 1. The van der Waals surface area contributed by atoms with Crippen molar-refractivity contribution in [3.8, 4) is 17.4 Å². The minimum Gasteiger partial charge on any atom is -0.486 e. The van der Waals surface area contributed by atoms with Crippen LogP contribution in [0, 0.1) is 0 Å². The highest BCUT2D eigenvalue weighted by molar-refractivity contribution is 5.44. The van der Waals surface area contributed by atoms with Crippen molar-refractivity contribution in [1.82, 2.24) is 15.3 Å². The third-order valence-electron chi connectivity index (χ3n) is 4.03. The molecule has 126 valence electrons. The highest BCUT2D eigenvalue weighted by Gasteiger charge is 2.14. The van der Waals surface area contributed by atoms with Gasteiger partial charge in [-0.2, -0.15) is 4.98 Å². The molecule has 7 heteroatoms. The monoisotopic (exact) mass is 328 g/mol. The third-order valence-corrected chi connectivity index (χ3v) is 4.03. The maximum atomic E-state index is 5.80. The summed E-state index contributed by atoms with van der Waals surface area (Å²) in [4.78, 5) is 11.0.